The molecule has 6 heteroatoms. The second-order valence-electron chi connectivity index (χ2n) is 4.33. The fourth-order valence-electron chi connectivity index (χ4n) is 1.81. The van der Waals surface area contributed by atoms with Crippen LogP contribution >= 0.6 is 0 Å². The Bertz CT molecular complexity index is 694. The van der Waals surface area contributed by atoms with Crippen LogP contribution in [0.5, 0.6) is 5.75 Å². The number of halogens is 3. The van der Waals surface area contributed by atoms with Crippen molar-refractivity contribution >= 4 is 17.2 Å². The third kappa shape index (κ3) is 3.52. The molecule has 114 valence electrons. The topological polar surface area (TPSA) is 38.7 Å². The van der Waals surface area contributed by atoms with Gasteiger partial charge in [0.25, 0.3) is 0 Å². The minimum absolute atomic E-state index is 0.0541. The maximum absolute atomic E-state index is 13.2. The Morgan fingerprint density at radius 3 is 2.18 bits per heavy atom. The third-order valence-electron chi connectivity index (χ3n) is 2.84. The van der Waals surface area contributed by atoms with E-state index in [2.05, 4.69) is 4.99 Å². The Balaban J connectivity index is 2.52. The number of rotatable bonds is 4. The summed E-state index contributed by atoms with van der Waals surface area (Å²) in [5.74, 6) is -1.02. The highest BCUT2D eigenvalue weighted by atomic mass is 19.4. The number of Topliss-reactive ketones (excluding diaryl/α,β-unsaturated/α-hetero) is 1. The van der Waals surface area contributed by atoms with E-state index in [1.807, 2.05) is 0 Å². The smallest absolute Gasteiger partial charge is 0.437 e. The van der Waals surface area contributed by atoms with Crippen molar-refractivity contribution in [1.82, 2.24) is 0 Å². The van der Waals surface area contributed by atoms with Crippen LogP contribution in [0.2, 0.25) is 0 Å². The summed E-state index contributed by atoms with van der Waals surface area (Å²) in [5.41, 5.74) is -1.61. The van der Waals surface area contributed by atoms with Gasteiger partial charge in [0.2, 0.25) is 5.78 Å². The number of ketones is 1. The molecule has 0 aromatic heterocycles. The van der Waals surface area contributed by atoms with Crippen molar-refractivity contribution in [3.8, 4) is 5.75 Å². The molecule has 0 aliphatic rings. The quantitative estimate of drug-likeness (QED) is 0.627. The molecule has 0 atom stereocenters. The van der Waals surface area contributed by atoms with E-state index in [0.29, 0.717) is 0 Å². The van der Waals surface area contributed by atoms with E-state index in [0.717, 1.165) is 0 Å². The lowest BCUT2D eigenvalue weighted by atomic mass is 10.1. The van der Waals surface area contributed by atoms with Crippen LogP contribution in [-0.2, 0) is 0 Å². The Morgan fingerprint density at radius 2 is 1.59 bits per heavy atom. The Morgan fingerprint density at radius 1 is 1.00 bits per heavy atom. The van der Waals surface area contributed by atoms with Crippen molar-refractivity contribution in [2.24, 2.45) is 4.99 Å². The van der Waals surface area contributed by atoms with Crippen LogP contribution in [0.3, 0.4) is 0 Å². The zero-order valence-corrected chi connectivity index (χ0v) is 11.6. The van der Waals surface area contributed by atoms with E-state index >= 15 is 0 Å². The molecule has 0 bridgehead atoms. The monoisotopic (exact) mass is 307 g/mol. The first-order valence-corrected chi connectivity index (χ1v) is 6.32. The molecule has 0 amide bonds. The van der Waals surface area contributed by atoms with Crippen molar-refractivity contribution < 1.29 is 22.7 Å². The number of para-hydroxylation sites is 2. The second-order valence-corrected chi connectivity index (χ2v) is 4.33. The maximum Gasteiger partial charge on any atom is 0.437 e. The minimum Gasteiger partial charge on any atom is -0.494 e. The summed E-state index contributed by atoms with van der Waals surface area (Å²) in [5, 5.41) is 0. The summed E-state index contributed by atoms with van der Waals surface area (Å²) in [4.78, 5) is 15.6. The summed E-state index contributed by atoms with van der Waals surface area (Å²) in [7, 11) is 1.32. The van der Waals surface area contributed by atoms with Crippen LogP contribution in [0.25, 0.3) is 0 Å². The molecule has 0 saturated heterocycles. The number of methoxy groups -OCH3 is 1. The maximum atomic E-state index is 13.2. The van der Waals surface area contributed by atoms with Gasteiger partial charge in [-0.3, -0.25) is 4.79 Å². The second kappa shape index (κ2) is 6.43. The highest BCUT2D eigenvalue weighted by molar-refractivity contribution is 6.48. The third-order valence-corrected chi connectivity index (χ3v) is 2.84. The van der Waals surface area contributed by atoms with Gasteiger partial charge in [-0.25, -0.2) is 4.99 Å². The Kier molecular flexibility index (Phi) is 4.60. The number of hydrogen-bond acceptors (Lipinski definition) is 3. The molecule has 0 aliphatic heterocycles. The van der Waals surface area contributed by atoms with Gasteiger partial charge in [-0.2, -0.15) is 13.2 Å². The van der Waals surface area contributed by atoms with Crippen LogP contribution in [-0.4, -0.2) is 24.8 Å². The molecule has 0 aliphatic carbocycles. The van der Waals surface area contributed by atoms with Gasteiger partial charge in [-0.05, 0) is 12.1 Å². The number of aliphatic imine (C=N–C) groups is 1. The first-order chi connectivity index (χ1) is 10.4. The molecule has 2 aromatic carbocycles. The molecule has 0 heterocycles. The first-order valence-electron chi connectivity index (χ1n) is 6.32. The van der Waals surface area contributed by atoms with Gasteiger partial charge in [-0.1, -0.05) is 42.5 Å². The minimum atomic E-state index is -4.87. The van der Waals surface area contributed by atoms with Gasteiger partial charge in [0.1, 0.15) is 11.4 Å². The lowest BCUT2D eigenvalue weighted by molar-refractivity contribution is -0.0581. The molecule has 0 N–H and O–H groups in total. The number of carbonyl (C=O) groups excluding carboxylic acids is 1. The van der Waals surface area contributed by atoms with Crippen LogP contribution in [0, 0.1) is 0 Å². The number of hydrogen-bond donors (Lipinski definition) is 0. The predicted molar refractivity (Wildman–Crippen MR) is 76.9 cm³/mol. The van der Waals surface area contributed by atoms with Crippen molar-refractivity contribution in [3.63, 3.8) is 0 Å². The summed E-state index contributed by atoms with van der Waals surface area (Å²) < 4.78 is 44.5. The average molecular weight is 307 g/mol. The van der Waals surface area contributed by atoms with E-state index in [4.69, 9.17) is 4.74 Å². The number of ether oxygens (including phenoxy) is 1. The summed E-state index contributed by atoms with van der Waals surface area (Å²) in [6, 6.07) is 13.2. The summed E-state index contributed by atoms with van der Waals surface area (Å²) in [6.07, 6.45) is -4.87. The summed E-state index contributed by atoms with van der Waals surface area (Å²) in [6.45, 7) is 0. The van der Waals surface area contributed by atoms with Crippen molar-refractivity contribution in [2.45, 2.75) is 6.18 Å². The molecular formula is C16H12F3NO2. The van der Waals surface area contributed by atoms with Crippen molar-refractivity contribution in [1.29, 1.82) is 0 Å². The van der Waals surface area contributed by atoms with Crippen molar-refractivity contribution in [2.75, 3.05) is 7.11 Å². The van der Waals surface area contributed by atoms with Crippen LogP contribution in [0.1, 0.15) is 10.4 Å². The fourth-order valence-corrected chi connectivity index (χ4v) is 1.81. The normalized spacial score (nSPS) is 12.1. The van der Waals surface area contributed by atoms with E-state index < -0.39 is 17.7 Å². The SMILES string of the molecule is COc1ccccc1N=C(C(=O)c1ccccc1)C(F)(F)F. The first kappa shape index (κ1) is 15.8. The molecule has 3 nitrogen and oxygen atoms in total. The molecule has 0 spiro atoms. The summed E-state index contributed by atoms with van der Waals surface area (Å²) >= 11 is 0. The van der Waals surface area contributed by atoms with E-state index in [-0.39, 0.29) is 17.0 Å². The highest BCUT2D eigenvalue weighted by Gasteiger charge is 2.41. The highest BCUT2D eigenvalue weighted by Crippen LogP contribution is 2.30. The van der Waals surface area contributed by atoms with Crippen LogP contribution < -0.4 is 4.74 Å². The predicted octanol–water partition coefficient (Wildman–Crippen LogP) is 4.21. The molecule has 0 saturated carbocycles. The zero-order chi connectivity index (χ0) is 16.2. The number of carbonyl (C=O) groups is 1. The molecular weight excluding hydrogens is 295 g/mol. The van der Waals surface area contributed by atoms with Gasteiger partial charge in [0, 0.05) is 5.56 Å². The molecule has 0 fully saturated rings. The molecule has 0 radical (unpaired) electrons. The van der Waals surface area contributed by atoms with E-state index in [1.54, 1.807) is 12.1 Å². The molecule has 2 rings (SSSR count). The van der Waals surface area contributed by atoms with E-state index in [1.165, 1.54) is 49.6 Å². The Labute approximate surface area is 125 Å². The van der Waals surface area contributed by atoms with E-state index in [9.17, 15) is 18.0 Å². The van der Waals surface area contributed by atoms with Gasteiger partial charge < -0.3 is 4.74 Å². The van der Waals surface area contributed by atoms with Crippen LogP contribution in [0.15, 0.2) is 59.6 Å². The standard InChI is InChI=1S/C16H12F3NO2/c1-22-13-10-6-5-9-12(13)20-15(16(17,18)19)14(21)11-7-3-2-4-8-11/h2-10H,1H3. The van der Waals surface area contributed by atoms with Gasteiger partial charge in [0.15, 0.2) is 5.71 Å². The largest absolute Gasteiger partial charge is 0.494 e. The zero-order valence-electron chi connectivity index (χ0n) is 11.6. The van der Waals surface area contributed by atoms with Crippen molar-refractivity contribution in [3.05, 3.63) is 60.2 Å². The molecule has 2 aromatic rings. The van der Waals surface area contributed by atoms with Gasteiger partial charge in [0.05, 0.1) is 7.11 Å². The Hall–Kier alpha value is -2.63. The number of alkyl halides is 3. The fraction of sp³-hybridized carbons (Fsp3) is 0.125. The molecule has 0 unspecified atom stereocenters. The average Bonchev–Trinajstić information content (AvgIpc) is 2.52. The lowest BCUT2D eigenvalue weighted by Crippen LogP contribution is -2.31. The van der Waals surface area contributed by atoms with Gasteiger partial charge >= 0.3 is 6.18 Å². The number of benzene rings is 2. The van der Waals surface area contributed by atoms with Crippen LogP contribution in [0.4, 0.5) is 18.9 Å². The number of nitrogens with zero attached hydrogens (tertiary/aromatic N) is 1. The van der Waals surface area contributed by atoms with Gasteiger partial charge in [-0.15, -0.1) is 0 Å². The molecule has 22 heavy (non-hydrogen) atoms. The lowest BCUT2D eigenvalue weighted by Gasteiger charge is -2.11.